The number of carbonyl (C=O) groups is 2. The van der Waals surface area contributed by atoms with E-state index in [1.165, 1.54) is 30.8 Å². The third kappa shape index (κ3) is 2.05. The molecule has 0 unspecified atom stereocenters. The lowest BCUT2D eigenvalue weighted by atomic mass is 9.72. The molecule has 0 radical (unpaired) electrons. The molecule has 174 valence electrons. The van der Waals surface area contributed by atoms with Crippen LogP contribution in [-0.4, -0.2) is 58.0 Å². The van der Waals surface area contributed by atoms with Crippen molar-refractivity contribution in [1.82, 2.24) is 14.8 Å². The topological polar surface area (TPSA) is 93.8 Å². The first-order chi connectivity index (χ1) is 16.3. The Labute approximate surface area is 205 Å². The molecule has 6 heterocycles. The predicted octanol–water partition coefficient (Wildman–Crippen LogP) is 2.64. The fourth-order valence-corrected chi connectivity index (χ4v) is 10.7. The number of thiol groups is 1. The van der Waals surface area contributed by atoms with Gasteiger partial charge in [0.25, 0.3) is 11.8 Å². The zero-order valence-electron chi connectivity index (χ0n) is 18.2. The normalized spacial score (nSPS) is 33.7. The number of nitrogens with zero attached hydrogens (tertiary/aromatic N) is 3. The summed E-state index contributed by atoms with van der Waals surface area (Å²) in [6, 6.07) is 15.3. The smallest absolute Gasteiger partial charge is 0.262 e. The van der Waals surface area contributed by atoms with Gasteiger partial charge in [0.15, 0.2) is 9.74 Å². The van der Waals surface area contributed by atoms with Crippen molar-refractivity contribution in [1.29, 1.82) is 0 Å². The van der Waals surface area contributed by atoms with Gasteiger partial charge in [-0.1, -0.05) is 58.0 Å². The molecule has 11 heteroatoms. The number of nitrogens with one attached hydrogen (secondary N) is 1. The van der Waals surface area contributed by atoms with Crippen LogP contribution < -0.4 is 4.31 Å². The second-order valence-corrected chi connectivity index (χ2v) is 13.1. The Hall–Kier alpha value is -2.63. The van der Waals surface area contributed by atoms with Gasteiger partial charge in [-0.25, -0.2) is 12.7 Å². The third-order valence-corrected chi connectivity index (χ3v) is 12.4. The Kier molecular flexibility index (Phi) is 3.85. The first-order valence-electron chi connectivity index (χ1n) is 10.9. The molecule has 0 aliphatic carbocycles. The minimum absolute atomic E-state index is 0.162. The Morgan fingerprint density at radius 2 is 1.74 bits per heavy atom. The molecule has 34 heavy (non-hydrogen) atoms. The molecular formula is C23H20N4O4S3. The molecule has 5 aliphatic heterocycles. The quantitative estimate of drug-likeness (QED) is 0.405. The molecule has 4 saturated heterocycles. The highest BCUT2D eigenvalue weighted by molar-refractivity contribution is 8.78. The molecule has 1 N–H and O–H groups in total. The van der Waals surface area contributed by atoms with Crippen LogP contribution in [0.5, 0.6) is 0 Å². The number of para-hydroxylation sites is 2. The largest absolute Gasteiger partial charge is 0.361 e. The number of aromatic amines is 1. The maximum atomic E-state index is 14.0. The molecule has 4 atom stereocenters. The fraction of sp³-hybridized carbons (Fsp3) is 0.304. The van der Waals surface area contributed by atoms with Crippen LogP contribution in [0, 0.1) is 0 Å². The summed E-state index contributed by atoms with van der Waals surface area (Å²) >= 11 is 0. The Bertz CT molecular complexity index is 1510. The molecule has 1 aromatic heterocycles. The van der Waals surface area contributed by atoms with Crippen molar-refractivity contribution < 1.29 is 18.0 Å². The number of hydrogen-bond donors (Lipinski definition) is 2. The van der Waals surface area contributed by atoms with Gasteiger partial charge in [-0.15, -0.1) is 0 Å². The number of H-pyrrole nitrogens is 1. The SMILES string of the molecule is CN1C(=O)[C@]23C[C@]4(c5c[nH]c6ccccc56)c5ccccc5N([SH](=O)=O)[C@@H]4N2C(=O)[C@]1(C)SS3. The van der Waals surface area contributed by atoms with Gasteiger partial charge in [0.2, 0.25) is 10.9 Å². The molecule has 8 nitrogen and oxygen atoms in total. The number of anilines is 1. The summed E-state index contributed by atoms with van der Waals surface area (Å²) in [5.74, 6) is -0.398. The Morgan fingerprint density at radius 1 is 1.00 bits per heavy atom. The van der Waals surface area contributed by atoms with Gasteiger partial charge in [-0.3, -0.25) is 14.5 Å². The van der Waals surface area contributed by atoms with Gasteiger partial charge >= 0.3 is 0 Å². The van der Waals surface area contributed by atoms with Crippen LogP contribution >= 0.6 is 21.6 Å². The Balaban J connectivity index is 1.61. The number of carbonyl (C=O) groups excluding carboxylic acids is 2. The Morgan fingerprint density at radius 3 is 2.53 bits per heavy atom. The van der Waals surface area contributed by atoms with Crippen molar-refractivity contribution in [2.24, 2.45) is 0 Å². The van der Waals surface area contributed by atoms with Crippen molar-refractivity contribution in [2.75, 3.05) is 11.4 Å². The number of rotatable bonds is 2. The number of benzene rings is 2. The van der Waals surface area contributed by atoms with E-state index in [9.17, 15) is 18.0 Å². The average molecular weight is 513 g/mol. The molecular weight excluding hydrogens is 492 g/mol. The summed E-state index contributed by atoms with van der Waals surface area (Å²) in [6.45, 7) is 1.74. The van der Waals surface area contributed by atoms with E-state index in [0.29, 0.717) is 5.69 Å². The van der Waals surface area contributed by atoms with Gasteiger partial charge in [0, 0.05) is 30.6 Å². The number of amides is 2. The van der Waals surface area contributed by atoms with E-state index in [2.05, 4.69) is 4.98 Å². The monoisotopic (exact) mass is 512 g/mol. The van der Waals surface area contributed by atoms with E-state index in [1.807, 2.05) is 42.6 Å². The van der Waals surface area contributed by atoms with Crippen LogP contribution in [0.15, 0.2) is 54.7 Å². The van der Waals surface area contributed by atoms with E-state index in [1.54, 1.807) is 31.0 Å². The predicted molar refractivity (Wildman–Crippen MR) is 133 cm³/mol. The molecule has 8 rings (SSSR count). The van der Waals surface area contributed by atoms with Gasteiger partial charge in [0.1, 0.15) is 6.17 Å². The zero-order chi connectivity index (χ0) is 23.6. The summed E-state index contributed by atoms with van der Waals surface area (Å²) in [7, 11) is 1.35. The van der Waals surface area contributed by atoms with Crippen LogP contribution in [0.1, 0.15) is 24.5 Å². The molecule has 2 aromatic carbocycles. The molecule has 0 saturated carbocycles. The van der Waals surface area contributed by atoms with Crippen molar-refractivity contribution in [3.05, 3.63) is 65.9 Å². The second-order valence-electron chi connectivity index (χ2n) is 9.34. The molecule has 4 fully saturated rings. The van der Waals surface area contributed by atoms with Crippen LogP contribution in [0.25, 0.3) is 10.9 Å². The highest BCUT2D eigenvalue weighted by Crippen LogP contribution is 2.71. The molecule has 2 amide bonds. The van der Waals surface area contributed by atoms with Crippen LogP contribution in [0.4, 0.5) is 5.69 Å². The maximum Gasteiger partial charge on any atom is 0.262 e. The summed E-state index contributed by atoms with van der Waals surface area (Å²) in [6.07, 6.45) is 1.32. The summed E-state index contributed by atoms with van der Waals surface area (Å²) < 4.78 is 26.9. The lowest BCUT2D eigenvalue weighted by Gasteiger charge is -2.57. The van der Waals surface area contributed by atoms with Crippen molar-refractivity contribution in [3.63, 3.8) is 0 Å². The van der Waals surface area contributed by atoms with Crippen LogP contribution in [-0.2, 0) is 25.9 Å². The number of hydrogen-bond acceptors (Lipinski definition) is 6. The number of likely N-dealkylation sites (N-methyl/N-ethyl adjacent to an activating group) is 1. The van der Waals surface area contributed by atoms with Crippen molar-refractivity contribution in [3.8, 4) is 0 Å². The number of fused-ring (bicyclic) bond motifs is 6. The lowest BCUT2D eigenvalue weighted by Crippen LogP contribution is -2.76. The van der Waals surface area contributed by atoms with E-state index in [0.717, 1.165) is 22.0 Å². The number of aromatic nitrogens is 1. The number of piperazine rings is 1. The highest BCUT2D eigenvalue weighted by atomic mass is 33.1. The van der Waals surface area contributed by atoms with E-state index < -0.39 is 32.2 Å². The summed E-state index contributed by atoms with van der Waals surface area (Å²) in [5, 5.41) is 0.952. The molecule has 1 spiro atoms. The van der Waals surface area contributed by atoms with Crippen LogP contribution in [0.3, 0.4) is 0 Å². The van der Waals surface area contributed by atoms with Gasteiger partial charge in [-0.2, -0.15) is 0 Å². The van der Waals surface area contributed by atoms with E-state index in [-0.39, 0.29) is 18.2 Å². The zero-order valence-corrected chi connectivity index (χ0v) is 20.7. The molecule has 3 aromatic rings. The fourth-order valence-electron chi connectivity index (χ4n) is 6.33. The minimum atomic E-state index is -3.09. The molecule has 2 bridgehead atoms. The molecule has 5 aliphatic rings. The van der Waals surface area contributed by atoms with Crippen LogP contribution in [0.2, 0.25) is 0 Å². The minimum Gasteiger partial charge on any atom is -0.361 e. The van der Waals surface area contributed by atoms with Crippen molar-refractivity contribution in [2.45, 2.75) is 34.7 Å². The second kappa shape index (κ2) is 6.32. The summed E-state index contributed by atoms with van der Waals surface area (Å²) in [4.78, 5) is 32.0. The van der Waals surface area contributed by atoms with Gasteiger partial charge in [0.05, 0.1) is 11.1 Å². The van der Waals surface area contributed by atoms with E-state index >= 15 is 0 Å². The van der Waals surface area contributed by atoms with Crippen molar-refractivity contribution >= 4 is 60.9 Å². The summed E-state index contributed by atoms with van der Waals surface area (Å²) in [5.41, 5.74) is 2.27. The average Bonchev–Trinajstić information content (AvgIpc) is 3.47. The van der Waals surface area contributed by atoms with Gasteiger partial charge in [-0.05, 0) is 30.2 Å². The first kappa shape index (κ1) is 20.7. The van der Waals surface area contributed by atoms with Gasteiger partial charge < -0.3 is 9.88 Å². The standard InChI is InChI=1S/C23H20N4O4S3/c1-21-19(28)26-18-22(12-23(26,33-32-21)20(29)25(21)2,15-11-24-16-9-5-3-7-13(15)16)14-8-4-6-10-17(14)27(18)34(30)31/h3-11,18,24,34H,12H2,1-2H3/t18-,21-,22+,23+/m0/s1. The third-order valence-electron chi connectivity index (χ3n) is 7.94. The lowest BCUT2D eigenvalue weighted by molar-refractivity contribution is -0.163. The maximum absolute atomic E-state index is 14.0. The first-order valence-corrected chi connectivity index (χ1v) is 14.1. The highest BCUT2D eigenvalue weighted by Gasteiger charge is 2.79. The van der Waals surface area contributed by atoms with E-state index in [4.69, 9.17) is 0 Å².